The van der Waals surface area contributed by atoms with Gasteiger partial charge in [0.1, 0.15) is 11.6 Å². The van der Waals surface area contributed by atoms with Gasteiger partial charge in [-0.15, -0.1) is 0 Å². The van der Waals surface area contributed by atoms with Crippen molar-refractivity contribution >= 4 is 17.2 Å². The lowest BCUT2D eigenvalue weighted by Crippen LogP contribution is -2.28. The first kappa shape index (κ1) is 15.2. The van der Waals surface area contributed by atoms with Crippen molar-refractivity contribution in [2.45, 2.75) is 18.9 Å². The lowest BCUT2D eigenvalue weighted by Gasteiger charge is -2.17. The van der Waals surface area contributed by atoms with Gasteiger partial charge in [0.2, 0.25) is 5.89 Å². The number of nitriles is 1. The molecule has 1 unspecified atom stereocenters. The lowest BCUT2D eigenvalue weighted by atomic mass is 10.0. The Labute approximate surface area is 143 Å². The summed E-state index contributed by atoms with van der Waals surface area (Å²) in [5, 5.41) is 18.3. The highest BCUT2D eigenvalue weighted by Crippen LogP contribution is 2.34. The second kappa shape index (κ2) is 5.95. The minimum absolute atomic E-state index is 0.324. The Morgan fingerprint density at radius 1 is 1.28 bits per heavy atom. The molecule has 1 atom stereocenters. The summed E-state index contributed by atoms with van der Waals surface area (Å²) in [6.45, 7) is 0.505. The number of fused-ring (bicyclic) bond motifs is 1. The maximum absolute atomic E-state index is 11.3. The molecule has 0 saturated carbocycles. The molecule has 3 aromatic rings. The minimum Gasteiger partial charge on any atom is -0.465 e. The zero-order valence-electron chi connectivity index (χ0n) is 13.3. The van der Waals surface area contributed by atoms with Gasteiger partial charge in [-0.25, -0.2) is 9.78 Å². The third-order valence-electron chi connectivity index (χ3n) is 4.51. The van der Waals surface area contributed by atoms with Crippen molar-refractivity contribution in [2.24, 2.45) is 0 Å². The van der Waals surface area contributed by atoms with Gasteiger partial charge in [0.05, 0.1) is 11.6 Å². The molecule has 1 fully saturated rings. The third kappa shape index (κ3) is 2.70. The molecular weight excluding hydrogens is 318 g/mol. The number of nitrogens with zero attached hydrogens (tertiary/aromatic N) is 3. The highest BCUT2D eigenvalue weighted by Gasteiger charge is 2.33. The fourth-order valence-electron chi connectivity index (χ4n) is 3.29. The van der Waals surface area contributed by atoms with E-state index in [0.29, 0.717) is 29.1 Å². The lowest BCUT2D eigenvalue weighted by molar-refractivity contribution is 0.134. The van der Waals surface area contributed by atoms with E-state index in [1.807, 2.05) is 36.4 Å². The van der Waals surface area contributed by atoms with Crippen LogP contribution in [0.5, 0.6) is 0 Å². The van der Waals surface area contributed by atoms with Crippen LogP contribution in [0.1, 0.15) is 30.3 Å². The van der Waals surface area contributed by atoms with E-state index in [4.69, 9.17) is 9.68 Å². The van der Waals surface area contributed by atoms with E-state index < -0.39 is 6.09 Å². The molecule has 2 aromatic carbocycles. The molecule has 1 aliphatic rings. The smallest absolute Gasteiger partial charge is 0.407 e. The molecular formula is C19H15N3O3. The molecule has 0 aliphatic carbocycles. The fraction of sp³-hybridized carbons (Fsp3) is 0.211. The number of benzene rings is 2. The topological polar surface area (TPSA) is 90.4 Å². The molecule has 1 amide bonds. The van der Waals surface area contributed by atoms with Crippen molar-refractivity contribution in [1.82, 2.24) is 9.88 Å². The van der Waals surface area contributed by atoms with Crippen molar-refractivity contribution in [3.05, 3.63) is 53.9 Å². The first-order valence-corrected chi connectivity index (χ1v) is 8.06. The van der Waals surface area contributed by atoms with Gasteiger partial charge < -0.3 is 9.52 Å². The maximum Gasteiger partial charge on any atom is 0.407 e. The molecule has 25 heavy (non-hydrogen) atoms. The van der Waals surface area contributed by atoms with E-state index in [0.717, 1.165) is 24.0 Å². The molecule has 0 bridgehead atoms. The second-order valence-electron chi connectivity index (χ2n) is 6.06. The zero-order valence-corrected chi connectivity index (χ0v) is 13.3. The zero-order chi connectivity index (χ0) is 17.4. The molecule has 4 rings (SSSR count). The van der Waals surface area contributed by atoms with Crippen LogP contribution >= 0.6 is 0 Å². The number of carboxylic acid groups (broad SMARTS) is 1. The largest absolute Gasteiger partial charge is 0.465 e. The van der Waals surface area contributed by atoms with Crippen LogP contribution in [0.25, 0.3) is 22.2 Å². The summed E-state index contributed by atoms with van der Waals surface area (Å²) in [6.07, 6.45) is 0.580. The molecule has 6 nitrogen and oxygen atoms in total. The van der Waals surface area contributed by atoms with E-state index in [1.165, 1.54) is 4.90 Å². The molecule has 1 saturated heterocycles. The van der Waals surface area contributed by atoms with Crippen molar-refractivity contribution < 1.29 is 14.3 Å². The molecule has 124 valence electrons. The minimum atomic E-state index is -0.946. The van der Waals surface area contributed by atoms with Crippen LogP contribution in [-0.2, 0) is 0 Å². The Bertz CT molecular complexity index is 1000. The van der Waals surface area contributed by atoms with Gasteiger partial charge in [0.15, 0.2) is 5.58 Å². The Morgan fingerprint density at radius 3 is 2.92 bits per heavy atom. The Morgan fingerprint density at radius 2 is 2.12 bits per heavy atom. The van der Waals surface area contributed by atoms with Gasteiger partial charge in [0.25, 0.3) is 0 Å². The van der Waals surface area contributed by atoms with Crippen molar-refractivity contribution in [2.75, 3.05) is 6.54 Å². The maximum atomic E-state index is 11.3. The second-order valence-corrected chi connectivity index (χ2v) is 6.06. The van der Waals surface area contributed by atoms with Crippen molar-refractivity contribution in [1.29, 1.82) is 5.26 Å². The van der Waals surface area contributed by atoms with Gasteiger partial charge >= 0.3 is 6.09 Å². The van der Waals surface area contributed by atoms with Crippen LogP contribution in [0, 0.1) is 11.3 Å². The van der Waals surface area contributed by atoms with Crippen LogP contribution in [0.3, 0.4) is 0 Å². The molecule has 2 heterocycles. The van der Waals surface area contributed by atoms with E-state index >= 15 is 0 Å². The van der Waals surface area contributed by atoms with Crippen molar-refractivity contribution in [3.63, 3.8) is 0 Å². The number of carbonyl (C=O) groups is 1. The van der Waals surface area contributed by atoms with Crippen LogP contribution in [0.15, 0.2) is 46.9 Å². The summed E-state index contributed by atoms with van der Waals surface area (Å²) in [5.74, 6) is 0.442. The van der Waals surface area contributed by atoms with Crippen molar-refractivity contribution in [3.8, 4) is 17.2 Å². The fourth-order valence-corrected chi connectivity index (χ4v) is 3.29. The van der Waals surface area contributed by atoms with Crippen LogP contribution in [-0.4, -0.2) is 27.6 Å². The summed E-state index contributed by atoms with van der Waals surface area (Å²) >= 11 is 0. The first-order valence-electron chi connectivity index (χ1n) is 8.06. The number of amides is 1. The summed E-state index contributed by atoms with van der Waals surface area (Å²) in [6, 6.07) is 14.8. The first-order chi connectivity index (χ1) is 12.2. The van der Waals surface area contributed by atoms with Gasteiger partial charge in [0, 0.05) is 6.54 Å². The third-order valence-corrected chi connectivity index (χ3v) is 4.51. The number of hydrogen-bond acceptors (Lipinski definition) is 4. The molecule has 0 spiro atoms. The van der Waals surface area contributed by atoms with E-state index in [2.05, 4.69) is 11.1 Å². The summed E-state index contributed by atoms with van der Waals surface area (Å²) < 4.78 is 5.80. The number of aromatic nitrogens is 1. The SMILES string of the molecule is N#Cc1cccc(-c2ccc3oc(C4CCCN4C(=O)O)nc3c2)c1. The van der Waals surface area contributed by atoms with Crippen LogP contribution in [0.4, 0.5) is 4.79 Å². The number of rotatable bonds is 2. The Balaban J connectivity index is 1.72. The number of hydrogen-bond donors (Lipinski definition) is 1. The average molecular weight is 333 g/mol. The average Bonchev–Trinajstić information content (AvgIpc) is 3.27. The monoisotopic (exact) mass is 333 g/mol. The summed E-state index contributed by atoms with van der Waals surface area (Å²) in [7, 11) is 0. The Kier molecular flexibility index (Phi) is 3.62. The van der Waals surface area contributed by atoms with Gasteiger partial charge in [-0.3, -0.25) is 4.90 Å². The predicted octanol–water partition coefficient (Wildman–Crippen LogP) is 4.18. The van der Waals surface area contributed by atoms with Gasteiger partial charge in [-0.05, 0) is 48.2 Å². The quantitative estimate of drug-likeness (QED) is 0.759. The molecule has 1 aliphatic heterocycles. The highest BCUT2D eigenvalue weighted by atomic mass is 16.4. The summed E-state index contributed by atoms with van der Waals surface area (Å²) in [5.41, 5.74) is 3.78. The molecule has 0 radical (unpaired) electrons. The van der Waals surface area contributed by atoms with E-state index in [9.17, 15) is 9.90 Å². The van der Waals surface area contributed by atoms with E-state index in [-0.39, 0.29) is 6.04 Å². The normalized spacial score (nSPS) is 16.9. The van der Waals surface area contributed by atoms with Crippen LogP contribution < -0.4 is 0 Å². The summed E-state index contributed by atoms with van der Waals surface area (Å²) in [4.78, 5) is 17.2. The highest BCUT2D eigenvalue weighted by molar-refractivity contribution is 5.81. The van der Waals surface area contributed by atoms with Gasteiger partial charge in [-0.2, -0.15) is 5.26 Å². The standard InChI is InChI=1S/C19H15N3O3/c20-11-12-3-1-4-13(9-12)14-6-7-17-15(10-14)21-18(25-17)16-5-2-8-22(16)19(23)24/h1,3-4,6-7,9-10,16H,2,5,8H2,(H,23,24). The predicted molar refractivity (Wildman–Crippen MR) is 90.9 cm³/mol. The van der Waals surface area contributed by atoms with E-state index in [1.54, 1.807) is 6.07 Å². The molecule has 6 heteroatoms. The Hall–Kier alpha value is -3.33. The number of likely N-dealkylation sites (tertiary alicyclic amines) is 1. The molecule has 1 N–H and O–H groups in total. The van der Waals surface area contributed by atoms with Crippen LogP contribution in [0.2, 0.25) is 0 Å². The molecule has 1 aromatic heterocycles. The van der Waals surface area contributed by atoms with Gasteiger partial charge in [-0.1, -0.05) is 18.2 Å². The number of oxazole rings is 1.